The third-order valence-electron chi connectivity index (χ3n) is 2.41. The summed E-state index contributed by atoms with van der Waals surface area (Å²) in [7, 11) is 1.36. The van der Waals surface area contributed by atoms with Gasteiger partial charge in [-0.2, -0.15) is 0 Å². The van der Waals surface area contributed by atoms with Crippen molar-refractivity contribution in [2.75, 3.05) is 20.2 Å². The molecule has 8 heteroatoms. The molecule has 0 bridgehead atoms. The standard InChI is InChI=1S/C12H13ClN2O5/c1-3-20-11(16)7-14(2)12(17)9-5-4-8(13)6-10(9)15(18)19/h4-6H,3,7H2,1-2H3. The molecule has 1 aromatic carbocycles. The molecule has 0 heterocycles. The molecule has 0 saturated carbocycles. The number of halogens is 1. The number of carbonyl (C=O) groups excluding carboxylic acids is 2. The van der Waals surface area contributed by atoms with E-state index in [0.29, 0.717) is 0 Å². The van der Waals surface area contributed by atoms with Crippen LogP contribution in [0, 0.1) is 10.1 Å². The average Bonchev–Trinajstić information content (AvgIpc) is 2.37. The van der Waals surface area contributed by atoms with Crippen molar-refractivity contribution in [3.05, 3.63) is 38.9 Å². The lowest BCUT2D eigenvalue weighted by atomic mass is 10.1. The van der Waals surface area contributed by atoms with Crippen LogP contribution in [0.4, 0.5) is 5.69 Å². The zero-order valence-corrected chi connectivity index (χ0v) is 11.7. The van der Waals surface area contributed by atoms with Crippen LogP contribution in [0.15, 0.2) is 18.2 Å². The highest BCUT2D eigenvalue weighted by atomic mass is 35.5. The maximum absolute atomic E-state index is 12.1. The highest BCUT2D eigenvalue weighted by molar-refractivity contribution is 6.31. The van der Waals surface area contributed by atoms with Crippen LogP contribution in [0.3, 0.4) is 0 Å². The van der Waals surface area contributed by atoms with Crippen molar-refractivity contribution < 1.29 is 19.2 Å². The molecule has 0 N–H and O–H groups in total. The summed E-state index contributed by atoms with van der Waals surface area (Å²) in [4.78, 5) is 34.6. The van der Waals surface area contributed by atoms with Gasteiger partial charge < -0.3 is 9.64 Å². The predicted octanol–water partition coefficient (Wildman–Crippen LogP) is 1.88. The van der Waals surface area contributed by atoms with Gasteiger partial charge in [-0.3, -0.25) is 19.7 Å². The van der Waals surface area contributed by atoms with Gasteiger partial charge in [-0.1, -0.05) is 11.6 Å². The van der Waals surface area contributed by atoms with Crippen LogP contribution in [0.1, 0.15) is 17.3 Å². The van der Waals surface area contributed by atoms with E-state index in [0.717, 1.165) is 11.0 Å². The monoisotopic (exact) mass is 300 g/mol. The van der Waals surface area contributed by atoms with Crippen molar-refractivity contribution in [2.45, 2.75) is 6.92 Å². The summed E-state index contributed by atoms with van der Waals surface area (Å²) in [6.45, 7) is 1.55. The quantitative estimate of drug-likeness (QED) is 0.470. The van der Waals surface area contributed by atoms with Gasteiger partial charge in [0.05, 0.1) is 11.5 Å². The average molecular weight is 301 g/mol. The van der Waals surface area contributed by atoms with E-state index < -0.39 is 22.5 Å². The first kappa shape index (κ1) is 15.9. The second-order valence-corrected chi connectivity index (χ2v) is 4.32. The Balaban J connectivity index is 2.97. The molecule has 0 saturated heterocycles. The number of amides is 1. The molecule has 20 heavy (non-hydrogen) atoms. The fourth-order valence-corrected chi connectivity index (χ4v) is 1.68. The summed E-state index contributed by atoms with van der Waals surface area (Å²) in [6, 6.07) is 3.72. The number of benzene rings is 1. The molecule has 0 aromatic heterocycles. The largest absolute Gasteiger partial charge is 0.465 e. The normalized spacial score (nSPS) is 9.95. The molecule has 7 nitrogen and oxygen atoms in total. The predicted molar refractivity (Wildman–Crippen MR) is 71.7 cm³/mol. The van der Waals surface area contributed by atoms with Crippen molar-refractivity contribution in [2.24, 2.45) is 0 Å². The molecule has 0 atom stereocenters. The molecule has 1 amide bonds. The molecular formula is C12H13ClN2O5. The molecule has 108 valence electrons. The summed E-state index contributed by atoms with van der Waals surface area (Å²) in [5.41, 5.74) is -0.538. The Morgan fingerprint density at radius 3 is 2.65 bits per heavy atom. The Kier molecular flexibility index (Phi) is 5.45. The molecule has 0 radical (unpaired) electrons. The summed E-state index contributed by atoms with van der Waals surface area (Å²) >= 11 is 5.67. The minimum atomic E-state index is -0.697. The van der Waals surface area contributed by atoms with Crippen LogP contribution >= 0.6 is 11.6 Å². The molecule has 0 fully saturated rings. The van der Waals surface area contributed by atoms with E-state index in [-0.39, 0.29) is 23.7 Å². The van der Waals surface area contributed by atoms with Crippen molar-refractivity contribution >= 4 is 29.2 Å². The zero-order chi connectivity index (χ0) is 15.3. The first-order chi connectivity index (χ1) is 9.36. The number of rotatable bonds is 5. The Morgan fingerprint density at radius 1 is 1.45 bits per heavy atom. The molecule has 0 unspecified atom stereocenters. The SMILES string of the molecule is CCOC(=O)CN(C)C(=O)c1ccc(Cl)cc1[N+](=O)[O-]. The van der Waals surface area contributed by atoms with E-state index in [1.807, 2.05) is 0 Å². The van der Waals surface area contributed by atoms with Crippen molar-refractivity contribution in [1.82, 2.24) is 4.90 Å². The molecule has 1 rings (SSSR count). The number of nitro benzene ring substituents is 1. The highest BCUT2D eigenvalue weighted by Crippen LogP contribution is 2.24. The zero-order valence-electron chi connectivity index (χ0n) is 11.0. The summed E-state index contributed by atoms with van der Waals surface area (Å²) in [5, 5.41) is 11.1. The molecule has 0 spiro atoms. The van der Waals surface area contributed by atoms with Gasteiger partial charge in [0.25, 0.3) is 11.6 Å². The van der Waals surface area contributed by atoms with Crippen LogP contribution < -0.4 is 0 Å². The third-order valence-corrected chi connectivity index (χ3v) is 2.64. The second-order valence-electron chi connectivity index (χ2n) is 3.88. The molecular weight excluding hydrogens is 288 g/mol. The Morgan fingerprint density at radius 2 is 2.10 bits per heavy atom. The van der Waals surface area contributed by atoms with Gasteiger partial charge in [-0.05, 0) is 19.1 Å². The first-order valence-electron chi connectivity index (χ1n) is 5.71. The lowest BCUT2D eigenvalue weighted by molar-refractivity contribution is -0.385. The van der Waals surface area contributed by atoms with Gasteiger partial charge >= 0.3 is 5.97 Å². The lowest BCUT2D eigenvalue weighted by Gasteiger charge is -2.16. The number of nitrogens with zero attached hydrogens (tertiary/aromatic N) is 2. The number of esters is 1. The minimum absolute atomic E-state index is 0.133. The topological polar surface area (TPSA) is 89.8 Å². The maximum Gasteiger partial charge on any atom is 0.325 e. The molecule has 0 aliphatic carbocycles. The summed E-state index contributed by atoms with van der Waals surface area (Å²) in [6.07, 6.45) is 0. The summed E-state index contributed by atoms with van der Waals surface area (Å²) < 4.78 is 4.71. The van der Waals surface area contributed by atoms with E-state index in [2.05, 4.69) is 0 Å². The number of ether oxygens (including phenoxy) is 1. The Hall–Kier alpha value is -2.15. The fraction of sp³-hybridized carbons (Fsp3) is 0.333. The van der Waals surface area contributed by atoms with Gasteiger partial charge in [0.2, 0.25) is 0 Å². The number of hydrogen-bond acceptors (Lipinski definition) is 5. The lowest BCUT2D eigenvalue weighted by Crippen LogP contribution is -2.33. The summed E-state index contributed by atoms with van der Waals surface area (Å²) in [5.74, 6) is -1.23. The van der Waals surface area contributed by atoms with E-state index in [4.69, 9.17) is 16.3 Å². The van der Waals surface area contributed by atoms with Gasteiger partial charge in [0.1, 0.15) is 12.1 Å². The molecule has 0 aliphatic heterocycles. The van der Waals surface area contributed by atoms with Gasteiger partial charge in [-0.15, -0.1) is 0 Å². The Bertz CT molecular complexity index is 547. The minimum Gasteiger partial charge on any atom is -0.465 e. The Labute approximate surface area is 120 Å². The second kappa shape index (κ2) is 6.85. The van der Waals surface area contributed by atoms with Crippen LogP contribution in [0.25, 0.3) is 0 Å². The molecule has 1 aromatic rings. The highest BCUT2D eigenvalue weighted by Gasteiger charge is 2.24. The number of carbonyl (C=O) groups is 2. The van der Waals surface area contributed by atoms with Crippen molar-refractivity contribution in [3.63, 3.8) is 0 Å². The maximum atomic E-state index is 12.1. The van der Waals surface area contributed by atoms with Crippen molar-refractivity contribution in [3.8, 4) is 0 Å². The fourth-order valence-electron chi connectivity index (χ4n) is 1.51. The van der Waals surface area contributed by atoms with Gasteiger partial charge in [-0.25, -0.2) is 0 Å². The van der Waals surface area contributed by atoms with E-state index in [9.17, 15) is 19.7 Å². The van der Waals surface area contributed by atoms with E-state index in [1.165, 1.54) is 19.2 Å². The smallest absolute Gasteiger partial charge is 0.325 e. The van der Waals surface area contributed by atoms with E-state index in [1.54, 1.807) is 6.92 Å². The van der Waals surface area contributed by atoms with Gasteiger partial charge in [0, 0.05) is 18.1 Å². The third kappa shape index (κ3) is 3.92. The number of hydrogen-bond donors (Lipinski definition) is 0. The van der Waals surface area contributed by atoms with E-state index >= 15 is 0 Å². The number of nitro groups is 1. The van der Waals surface area contributed by atoms with Crippen LogP contribution in [0.5, 0.6) is 0 Å². The van der Waals surface area contributed by atoms with Gasteiger partial charge in [0.15, 0.2) is 0 Å². The van der Waals surface area contributed by atoms with Crippen LogP contribution in [0.2, 0.25) is 5.02 Å². The molecule has 0 aliphatic rings. The van der Waals surface area contributed by atoms with Crippen LogP contribution in [-0.2, 0) is 9.53 Å². The van der Waals surface area contributed by atoms with Crippen molar-refractivity contribution in [1.29, 1.82) is 0 Å². The van der Waals surface area contributed by atoms with Crippen LogP contribution in [-0.4, -0.2) is 41.9 Å². The number of likely N-dealkylation sites (N-methyl/N-ethyl adjacent to an activating group) is 1. The first-order valence-corrected chi connectivity index (χ1v) is 6.09.